The SMILES string of the molecule is COc1nc(N[C@H]2CC[C@@H](NC(C)=O)CC2)nn2ccc(-c3cc(F)c4nc(C)n(CC(F)F)c4c3)c12. The van der Waals surface area contributed by atoms with Crippen LogP contribution in [0.2, 0.25) is 0 Å². The molecule has 12 heteroatoms. The van der Waals surface area contributed by atoms with E-state index in [9.17, 15) is 13.6 Å². The van der Waals surface area contributed by atoms with Gasteiger partial charge in [-0.25, -0.2) is 22.7 Å². The number of carbonyl (C=O) groups excluding carboxylic acids is 1. The Kier molecular flexibility index (Phi) is 6.65. The van der Waals surface area contributed by atoms with E-state index in [1.54, 1.807) is 29.8 Å². The lowest BCUT2D eigenvalue weighted by atomic mass is 9.91. The summed E-state index contributed by atoms with van der Waals surface area (Å²) in [5.74, 6) is 0.377. The van der Waals surface area contributed by atoms with Crippen LogP contribution >= 0.6 is 0 Å². The Balaban J connectivity index is 1.47. The zero-order chi connectivity index (χ0) is 26.3. The van der Waals surface area contributed by atoms with E-state index in [4.69, 9.17) is 4.74 Å². The van der Waals surface area contributed by atoms with E-state index in [0.717, 1.165) is 25.7 Å². The number of alkyl halides is 2. The number of imidazole rings is 1. The first-order valence-corrected chi connectivity index (χ1v) is 12.2. The molecule has 196 valence electrons. The van der Waals surface area contributed by atoms with Crippen molar-refractivity contribution in [3.05, 3.63) is 36.0 Å². The van der Waals surface area contributed by atoms with Gasteiger partial charge in [0.15, 0.2) is 5.82 Å². The predicted octanol–water partition coefficient (Wildman–Crippen LogP) is 4.33. The topological polar surface area (TPSA) is 98.4 Å². The highest BCUT2D eigenvalue weighted by atomic mass is 19.3. The molecule has 1 saturated carbocycles. The van der Waals surface area contributed by atoms with Crippen LogP contribution in [0.4, 0.5) is 19.1 Å². The molecule has 1 fully saturated rings. The van der Waals surface area contributed by atoms with Gasteiger partial charge >= 0.3 is 0 Å². The first-order valence-electron chi connectivity index (χ1n) is 12.2. The third-order valence-electron chi connectivity index (χ3n) is 6.77. The van der Waals surface area contributed by atoms with E-state index in [-0.39, 0.29) is 23.5 Å². The van der Waals surface area contributed by atoms with Gasteiger partial charge in [0, 0.05) is 30.8 Å². The second-order valence-corrected chi connectivity index (χ2v) is 9.35. The minimum atomic E-state index is -2.60. The molecule has 0 spiro atoms. The fraction of sp³-hybridized carbons (Fsp3) is 0.440. The van der Waals surface area contributed by atoms with Crippen LogP contribution in [0.1, 0.15) is 38.4 Å². The smallest absolute Gasteiger partial charge is 0.256 e. The minimum absolute atomic E-state index is 0.0222. The summed E-state index contributed by atoms with van der Waals surface area (Å²) in [5, 5.41) is 10.9. The highest BCUT2D eigenvalue weighted by molar-refractivity contribution is 5.90. The van der Waals surface area contributed by atoms with Crippen molar-refractivity contribution in [1.82, 2.24) is 29.5 Å². The summed E-state index contributed by atoms with van der Waals surface area (Å²) >= 11 is 0. The fourth-order valence-corrected chi connectivity index (χ4v) is 5.10. The first kappa shape index (κ1) is 24.8. The zero-order valence-corrected chi connectivity index (χ0v) is 20.8. The maximum atomic E-state index is 15.0. The summed E-state index contributed by atoms with van der Waals surface area (Å²) < 4.78 is 49.8. The lowest BCUT2D eigenvalue weighted by Crippen LogP contribution is -2.39. The van der Waals surface area contributed by atoms with Crippen molar-refractivity contribution in [3.8, 4) is 17.0 Å². The number of carbonyl (C=O) groups is 1. The van der Waals surface area contributed by atoms with Gasteiger partial charge in [-0.05, 0) is 56.4 Å². The number of halogens is 3. The molecule has 2 N–H and O–H groups in total. The van der Waals surface area contributed by atoms with Gasteiger partial charge in [0.2, 0.25) is 17.7 Å². The molecule has 4 aromatic rings. The average molecular weight is 516 g/mol. The number of nitrogens with one attached hydrogen (secondary N) is 2. The molecule has 3 heterocycles. The largest absolute Gasteiger partial charge is 0.479 e. The molecule has 3 aromatic heterocycles. The third-order valence-corrected chi connectivity index (χ3v) is 6.77. The number of aryl methyl sites for hydroxylation is 1. The Morgan fingerprint density at radius 1 is 1.19 bits per heavy atom. The van der Waals surface area contributed by atoms with Crippen LogP contribution in [0, 0.1) is 12.7 Å². The molecule has 37 heavy (non-hydrogen) atoms. The van der Waals surface area contributed by atoms with Crippen molar-refractivity contribution in [2.24, 2.45) is 0 Å². The zero-order valence-electron chi connectivity index (χ0n) is 20.8. The van der Waals surface area contributed by atoms with Gasteiger partial charge in [0.1, 0.15) is 16.9 Å². The van der Waals surface area contributed by atoms with E-state index in [1.807, 2.05) is 0 Å². The first-order chi connectivity index (χ1) is 17.7. The van der Waals surface area contributed by atoms with Crippen LogP contribution < -0.4 is 15.4 Å². The van der Waals surface area contributed by atoms with Gasteiger partial charge in [-0.3, -0.25) is 4.79 Å². The number of benzene rings is 1. The van der Waals surface area contributed by atoms with Gasteiger partial charge in [0.05, 0.1) is 19.2 Å². The van der Waals surface area contributed by atoms with Gasteiger partial charge < -0.3 is 19.9 Å². The molecule has 1 aliphatic carbocycles. The van der Waals surface area contributed by atoms with E-state index >= 15 is 4.39 Å². The van der Waals surface area contributed by atoms with Gasteiger partial charge in [-0.1, -0.05) is 0 Å². The van der Waals surface area contributed by atoms with Crippen LogP contribution in [0.5, 0.6) is 5.88 Å². The maximum Gasteiger partial charge on any atom is 0.256 e. The standard InChI is InChI=1S/C25H28F3N7O2/c1-13-29-22-19(26)10-15(11-20(22)34(13)12-21(27)28)18-8-9-35-23(18)24(37-3)32-25(33-35)31-17-6-4-16(5-7-17)30-14(2)36/h8-11,16-17,21H,4-7,12H2,1-3H3,(H,30,36)(H,31,33)/t16-,17+. The molecule has 9 nitrogen and oxygen atoms in total. The molecule has 0 bridgehead atoms. The van der Waals surface area contributed by atoms with Crippen LogP contribution in [-0.4, -0.2) is 55.7 Å². The van der Waals surface area contributed by atoms with Crippen molar-refractivity contribution < 1.29 is 22.7 Å². The number of anilines is 1. The highest BCUT2D eigenvalue weighted by Gasteiger charge is 2.24. The molecule has 0 aliphatic heterocycles. The fourth-order valence-electron chi connectivity index (χ4n) is 5.10. The third kappa shape index (κ3) is 4.92. The van der Waals surface area contributed by atoms with Crippen LogP contribution in [0.25, 0.3) is 27.7 Å². The summed E-state index contributed by atoms with van der Waals surface area (Å²) in [4.78, 5) is 20.0. The van der Waals surface area contributed by atoms with Crippen molar-refractivity contribution in [2.75, 3.05) is 12.4 Å². The second kappa shape index (κ2) is 9.91. The number of hydrogen-bond acceptors (Lipinski definition) is 6. The molecule has 1 aliphatic rings. The Morgan fingerprint density at radius 2 is 1.92 bits per heavy atom. The Labute approximate surface area is 211 Å². The van der Waals surface area contributed by atoms with Crippen LogP contribution in [0.3, 0.4) is 0 Å². The van der Waals surface area contributed by atoms with Gasteiger partial charge in [0.25, 0.3) is 6.43 Å². The molecule has 1 amide bonds. The number of ether oxygens (including phenoxy) is 1. The van der Waals surface area contributed by atoms with Crippen molar-refractivity contribution in [2.45, 2.75) is 64.6 Å². The number of fused-ring (bicyclic) bond motifs is 2. The van der Waals surface area contributed by atoms with Gasteiger partial charge in [-0.2, -0.15) is 4.98 Å². The number of aromatic nitrogens is 5. The molecule has 0 atom stereocenters. The number of methoxy groups -OCH3 is 1. The summed E-state index contributed by atoms with van der Waals surface area (Å²) in [6.45, 7) is 2.53. The Bertz CT molecular complexity index is 1460. The summed E-state index contributed by atoms with van der Waals surface area (Å²) in [7, 11) is 1.49. The van der Waals surface area contributed by atoms with E-state index in [0.29, 0.717) is 39.8 Å². The lowest BCUT2D eigenvalue weighted by Gasteiger charge is -2.29. The highest BCUT2D eigenvalue weighted by Crippen LogP contribution is 2.35. The van der Waals surface area contributed by atoms with Crippen molar-refractivity contribution in [3.63, 3.8) is 0 Å². The quantitative estimate of drug-likeness (QED) is 0.380. The maximum absolute atomic E-state index is 15.0. The predicted molar refractivity (Wildman–Crippen MR) is 132 cm³/mol. The Hall–Kier alpha value is -3.83. The van der Waals surface area contributed by atoms with E-state index in [2.05, 4.69) is 25.7 Å². The molecule has 5 rings (SSSR count). The monoisotopic (exact) mass is 515 g/mol. The van der Waals surface area contributed by atoms with Crippen LogP contribution in [-0.2, 0) is 11.3 Å². The number of hydrogen-bond donors (Lipinski definition) is 2. The molecule has 0 saturated heterocycles. The van der Waals surface area contributed by atoms with Crippen molar-refractivity contribution in [1.29, 1.82) is 0 Å². The minimum Gasteiger partial charge on any atom is -0.479 e. The van der Waals surface area contributed by atoms with Crippen LogP contribution in [0.15, 0.2) is 24.4 Å². The van der Waals surface area contributed by atoms with Crippen molar-refractivity contribution >= 4 is 28.4 Å². The number of rotatable bonds is 7. The lowest BCUT2D eigenvalue weighted by molar-refractivity contribution is -0.119. The summed E-state index contributed by atoms with van der Waals surface area (Å²) in [5.41, 5.74) is 1.94. The van der Waals surface area contributed by atoms with E-state index < -0.39 is 18.8 Å². The summed E-state index contributed by atoms with van der Waals surface area (Å²) in [6.07, 6.45) is 2.56. The summed E-state index contributed by atoms with van der Waals surface area (Å²) in [6, 6.07) is 5.07. The average Bonchev–Trinajstić information content (AvgIpc) is 3.41. The second-order valence-electron chi connectivity index (χ2n) is 9.35. The Morgan fingerprint density at radius 3 is 2.59 bits per heavy atom. The molecule has 0 radical (unpaired) electrons. The molecule has 1 aromatic carbocycles. The normalized spacial score (nSPS) is 18.0. The number of amides is 1. The van der Waals surface area contributed by atoms with Gasteiger partial charge in [-0.15, -0.1) is 5.10 Å². The number of nitrogens with zero attached hydrogens (tertiary/aromatic N) is 5. The molecular formula is C25H28F3N7O2. The molecule has 0 unspecified atom stereocenters. The van der Waals surface area contributed by atoms with E-state index in [1.165, 1.54) is 24.7 Å². The molecular weight excluding hydrogens is 487 g/mol.